The van der Waals surface area contributed by atoms with Crippen molar-refractivity contribution in [1.82, 2.24) is 5.32 Å². The smallest absolute Gasteiger partial charge is 0.0387 e. The molecule has 2 atom stereocenters. The lowest BCUT2D eigenvalue weighted by molar-refractivity contribution is 0.397. The van der Waals surface area contributed by atoms with Crippen molar-refractivity contribution in [3.8, 4) is 0 Å². The number of rotatable bonds is 2. The Bertz CT molecular complexity index is 534. The summed E-state index contributed by atoms with van der Waals surface area (Å²) in [6, 6.07) is 10.3. The molecule has 1 aromatic carbocycles. The van der Waals surface area contributed by atoms with E-state index in [1.165, 1.54) is 22.2 Å². The first kappa shape index (κ1) is 12.0. The zero-order valence-corrected chi connectivity index (χ0v) is 11.8. The summed E-state index contributed by atoms with van der Waals surface area (Å²) in [7, 11) is 0. The monoisotopic (exact) mass is 260 g/mol. The standard InChI is InChI=1S/C15H20N2S/c1-3-13-10-17(11(2)9-16-13)14-4-5-15-12(8-14)6-7-18-15/h4-8,11,13,16H,3,9-10H2,1-2H3. The fraction of sp³-hybridized carbons (Fsp3) is 0.467. The number of hydrogen-bond acceptors (Lipinski definition) is 3. The maximum Gasteiger partial charge on any atom is 0.0387 e. The molecule has 3 rings (SSSR count). The van der Waals surface area contributed by atoms with Gasteiger partial charge in [0.2, 0.25) is 0 Å². The minimum Gasteiger partial charge on any atom is -0.366 e. The number of fused-ring (bicyclic) bond motifs is 1. The van der Waals surface area contributed by atoms with Crippen LogP contribution >= 0.6 is 11.3 Å². The summed E-state index contributed by atoms with van der Waals surface area (Å²) >= 11 is 1.82. The van der Waals surface area contributed by atoms with Gasteiger partial charge in [0.1, 0.15) is 0 Å². The largest absolute Gasteiger partial charge is 0.366 e. The Morgan fingerprint density at radius 2 is 2.28 bits per heavy atom. The molecular weight excluding hydrogens is 240 g/mol. The molecule has 2 unspecified atom stereocenters. The van der Waals surface area contributed by atoms with Gasteiger partial charge in [-0.25, -0.2) is 0 Å². The topological polar surface area (TPSA) is 15.3 Å². The van der Waals surface area contributed by atoms with Crippen molar-refractivity contribution in [2.75, 3.05) is 18.0 Å². The van der Waals surface area contributed by atoms with E-state index in [2.05, 4.69) is 53.7 Å². The molecule has 2 nitrogen and oxygen atoms in total. The molecule has 1 aliphatic heterocycles. The van der Waals surface area contributed by atoms with Crippen LogP contribution in [0.3, 0.4) is 0 Å². The van der Waals surface area contributed by atoms with E-state index in [9.17, 15) is 0 Å². The molecule has 1 saturated heterocycles. The molecule has 0 bridgehead atoms. The lowest BCUT2D eigenvalue weighted by Gasteiger charge is -2.40. The lowest BCUT2D eigenvalue weighted by Crippen LogP contribution is -2.55. The molecule has 1 fully saturated rings. The fourth-order valence-electron chi connectivity index (χ4n) is 2.70. The Morgan fingerprint density at radius 3 is 3.11 bits per heavy atom. The summed E-state index contributed by atoms with van der Waals surface area (Å²) in [5.74, 6) is 0. The van der Waals surface area contributed by atoms with Gasteiger partial charge < -0.3 is 10.2 Å². The summed E-state index contributed by atoms with van der Waals surface area (Å²) in [6.45, 7) is 6.76. The Kier molecular flexibility index (Phi) is 3.27. The highest BCUT2D eigenvalue weighted by molar-refractivity contribution is 7.17. The van der Waals surface area contributed by atoms with E-state index in [0.29, 0.717) is 12.1 Å². The summed E-state index contributed by atoms with van der Waals surface area (Å²) in [6.07, 6.45) is 1.20. The van der Waals surface area contributed by atoms with E-state index in [1.54, 1.807) is 0 Å². The maximum absolute atomic E-state index is 3.61. The molecule has 0 radical (unpaired) electrons. The van der Waals surface area contributed by atoms with Gasteiger partial charge in [-0.2, -0.15) is 0 Å². The van der Waals surface area contributed by atoms with Crippen LogP contribution in [0.25, 0.3) is 10.1 Å². The van der Waals surface area contributed by atoms with Crippen LogP contribution in [0.4, 0.5) is 5.69 Å². The Labute approximate surface area is 113 Å². The summed E-state index contributed by atoms with van der Waals surface area (Å²) < 4.78 is 1.38. The average molecular weight is 260 g/mol. The highest BCUT2D eigenvalue weighted by atomic mass is 32.1. The SMILES string of the molecule is CCC1CN(c2ccc3sccc3c2)C(C)CN1. The maximum atomic E-state index is 3.61. The Morgan fingerprint density at radius 1 is 1.39 bits per heavy atom. The van der Waals surface area contributed by atoms with E-state index in [-0.39, 0.29) is 0 Å². The van der Waals surface area contributed by atoms with Crippen LogP contribution in [0.2, 0.25) is 0 Å². The van der Waals surface area contributed by atoms with E-state index >= 15 is 0 Å². The first-order chi connectivity index (χ1) is 8.78. The predicted molar refractivity (Wildman–Crippen MR) is 80.7 cm³/mol. The van der Waals surface area contributed by atoms with Gasteiger partial charge in [-0.15, -0.1) is 11.3 Å². The normalized spacial score (nSPS) is 24.7. The van der Waals surface area contributed by atoms with Crippen LogP contribution < -0.4 is 10.2 Å². The first-order valence-corrected chi connectivity index (χ1v) is 7.63. The van der Waals surface area contributed by atoms with Crippen molar-refractivity contribution in [1.29, 1.82) is 0 Å². The van der Waals surface area contributed by atoms with Gasteiger partial charge in [0.15, 0.2) is 0 Å². The molecular formula is C15H20N2S. The molecule has 0 aliphatic carbocycles. The molecule has 0 amide bonds. The third-order valence-corrected chi connectivity index (χ3v) is 4.81. The Balaban J connectivity index is 1.91. The second-order valence-electron chi connectivity index (χ2n) is 5.16. The van der Waals surface area contributed by atoms with Crippen LogP contribution in [0.15, 0.2) is 29.6 Å². The minimum atomic E-state index is 0.573. The van der Waals surface area contributed by atoms with Gasteiger partial charge in [-0.1, -0.05) is 6.92 Å². The van der Waals surface area contributed by atoms with Crippen molar-refractivity contribution >= 4 is 27.1 Å². The number of benzene rings is 1. The third kappa shape index (κ3) is 2.13. The van der Waals surface area contributed by atoms with Gasteiger partial charge >= 0.3 is 0 Å². The van der Waals surface area contributed by atoms with E-state index in [1.807, 2.05) is 11.3 Å². The van der Waals surface area contributed by atoms with Crippen molar-refractivity contribution in [3.63, 3.8) is 0 Å². The predicted octanol–water partition coefficient (Wildman–Crippen LogP) is 3.48. The highest BCUT2D eigenvalue weighted by Crippen LogP contribution is 2.28. The number of nitrogens with zero attached hydrogens (tertiary/aromatic N) is 1. The molecule has 18 heavy (non-hydrogen) atoms. The summed E-state index contributed by atoms with van der Waals surface area (Å²) in [5.41, 5.74) is 1.37. The van der Waals surface area contributed by atoms with Crippen molar-refractivity contribution in [3.05, 3.63) is 29.6 Å². The second-order valence-corrected chi connectivity index (χ2v) is 6.11. The van der Waals surface area contributed by atoms with Crippen LogP contribution in [0, 0.1) is 0 Å². The van der Waals surface area contributed by atoms with Gasteiger partial charge in [0, 0.05) is 35.6 Å². The Hall–Kier alpha value is -1.06. The second kappa shape index (κ2) is 4.90. The van der Waals surface area contributed by atoms with Crippen molar-refractivity contribution < 1.29 is 0 Å². The van der Waals surface area contributed by atoms with Gasteiger partial charge in [-0.05, 0) is 48.4 Å². The number of hydrogen-bond donors (Lipinski definition) is 1. The van der Waals surface area contributed by atoms with Crippen molar-refractivity contribution in [2.24, 2.45) is 0 Å². The van der Waals surface area contributed by atoms with E-state index in [4.69, 9.17) is 0 Å². The molecule has 1 aromatic heterocycles. The van der Waals surface area contributed by atoms with Crippen LogP contribution in [0.5, 0.6) is 0 Å². The van der Waals surface area contributed by atoms with Gasteiger partial charge in [-0.3, -0.25) is 0 Å². The zero-order chi connectivity index (χ0) is 12.5. The van der Waals surface area contributed by atoms with E-state index < -0.39 is 0 Å². The molecule has 1 N–H and O–H groups in total. The molecule has 0 spiro atoms. The highest BCUT2D eigenvalue weighted by Gasteiger charge is 2.24. The fourth-order valence-corrected chi connectivity index (χ4v) is 3.47. The molecule has 2 heterocycles. The van der Waals surface area contributed by atoms with Gasteiger partial charge in [0.25, 0.3) is 0 Å². The van der Waals surface area contributed by atoms with E-state index in [0.717, 1.165) is 13.1 Å². The molecule has 96 valence electrons. The molecule has 2 aromatic rings. The molecule has 0 saturated carbocycles. The summed E-state index contributed by atoms with van der Waals surface area (Å²) in [5, 5.41) is 7.15. The quantitative estimate of drug-likeness (QED) is 0.889. The summed E-state index contributed by atoms with van der Waals surface area (Å²) in [4.78, 5) is 2.54. The lowest BCUT2D eigenvalue weighted by atomic mass is 10.1. The average Bonchev–Trinajstić information content (AvgIpc) is 2.86. The molecule has 1 aliphatic rings. The van der Waals surface area contributed by atoms with Gasteiger partial charge in [0.05, 0.1) is 0 Å². The number of thiophene rings is 1. The third-order valence-electron chi connectivity index (χ3n) is 3.91. The van der Waals surface area contributed by atoms with Crippen molar-refractivity contribution in [2.45, 2.75) is 32.4 Å². The first-order valence-electron chi connectivity index (χ1n) is 6.75. The minimum absolute atomic E-state index is 0.573. The number of anilines is 1. The van der Waals surface area contributed by atoms with Crippen LogP contribution in [0.1, 0.15) is 20.3 Å². The number of piperazine rings is 1. The van der Waals surface area contributed by atoms with Crippen LogP contribution in [-0.4, -0.2) is 25.2 Å². The molecule has 3 heteroatoms. The number of nitrogens with one attached hydrogen (secondary N) is 1. The van der Waals surface area contributed by atoms with Crippen LogP contribution in [-0.2, 0) is 0 Å². The zero-order valence-electron chi connectivity index (χ0n) is 11.0.